The lowest BCUT2D eigenvalue weighted by Gasteiger charge is -2.31. The number of carbonyl (C=O) groups excluding carboxylic acids is 2. The molecule has 2 amide bonds. The number of fused-ring (bicyclic) bond motifs is 1. The van der Waals surface area contributed by atoms with E-state index in [1.165, 1.54) is 0 Å². The van der Waals surface area contributed by atoms with Crippen molar-refractivity contribution in [3.8, 4) is 0 Å². The highest BCUT2D eigenvalue weighted by Crippen LogP contribution is 2.29. The zero-order valence-corrected chi connectivity index (χ0v) is 14.0. The number of aryl methyl sites for hydroxylation is 1. The van der Waals surface area contributed by atoms with Gasteiger partial charge in [-0.1, -0.05) is 19.3 Å². The van der Waals surface area contributed by atoms with Crippen molar-refractivity contribution in [2.75, 3.05) is 10.6 Å². The maximum Gasteiger partial charge on any atom is 0.244 e. The number of rotatable bonds is 2. The Morgan fingerprint density at radius 1 is 1.13 bits per heavy atom. The summed E-state index contributed by atoms with van der Waals surface area (Å²) in [6, 6.07) is 5.64. The molecule has 6 heteroatoms. The summed E-state index contributed by atoms with van der Waals surface area (Å²) in [6.07, 6.45) is 6.90. The van der Waals surface area contributed by atoms with Gasteiger partial charge in [0.25, 0.3) is 0 Å². The predicted molar refractivity (Wildman–Crippen MR) is 93.9 cm³/mol. The fraction of sp³-hybridized carbons (Fsp3) is 0.529. The summed E-state index contributed by atoms with van der Waals surface area (Å²) in [5, 5.41) is 5.85. The van der Waals surface area contributed by atoms with Crippen LogP contribution in [0.4, 0.5) is 11.4 Å². The van der Waals surface area contributed by atoms with Gasteiger partial charge >= 0.3 is 0 Å². The lowest BCUT2D eigenvalue weighted by Crippen LogP contribution is -2.52. The third-order valence-corrected chi connectivity index (χ3v) is 4.69. The van der Waals surface area contributed by atoms with Crippen LogP contribution in [-0.4, -0.2) is 17.4 Å². The molecule has 1 heterocycles. The normalized spacial score (nSPS) is 19.6. The van der Waals surface area contributed by atoms with Gasteiger partial charge in [0.15, 0.2) is 0 Å². The van der Waals surface area contributed by atoms with Crippen molar-refractivity contribution in [2.24, 2.45) is 5.73 Å². The van der Waals surface area contributed by atoms with Crippen LogP contribution in [-0.2, 0) is 16.0 Å². The quantitative estimate of drug-likeness (QED) is 0.775. The molecule has 5 nitrogen and oxygen atoms in total. The number of carbonyl (C=O) groups is 2. The summed E-state index contributed by atoms with van der Waals surface area (Å²) >= 11 is 0. The Hall–Kier alpha value is -1.59. The molecule has 1 aromatic rings. The topological polar surface area (TPSA) is 84.2 Å². The number of nitrogens with one attached hydrogen (secondary N) is 2. The second-order valence-corrected chi connectivity index (χ2v) is 6.44. The molecule has 1 aromatic carbocycles. The van der Waals surface area contributed by atoms with E-state index in [2.05, 4.69) is 10.6 Å². The Morgan fingerprint density at radius 3 is 2.61 bits per heavy atom. The Kier molecular flexibility index (Phi) is 5.65. The van der Waals surface area contributed by atoms with E-state index >= 15 is 0 Å². The Bertz CT molecular complexity index is 598. The SMILES string of the molecule is Cl.NC1(C(=O)Nc2ccc3c(c2)CCCC(=O)N3)CCCCC1. The Labute approximate surface area is 142 Å². The molecule has 0 bridgehead atoms. The lowest BCUT2D eigenvalue weighted by atomic mass is 9.82. The number of halogens is 1. The van der Waals surface area contributed by atoms with Gasteiger partial charge in [0.05, 0.1) is 5.54 Å². The van der Waals surface area contributed by atoms with Crippen LogP contribution >= 0.6 is 12.4 Å². The zero-order valence-electron chi connectivity index (χ0n) is 13.2. The van der Waals surface area contributed by atoms with E-state index in [0.717, 1.165) is 61.9 Å². The summed E-state index contributed by atoms with van der Waals surface area (Å²) in [5.41, 5.74) is 8.20. The Balaban J connectivity index is 0.00000192. The largest absolute Gasteiger partial charge is 0.326 e. The first kappa shape index (κ1) is 17.8. The molecule has 0 atom stereocenters. The molecule has 3 rings (SSSR count). The van der Waals surface area contributed by atoms with Gasteiger partial charge in [0.1, 0.15) is 0 Å². The van der Waals surface area contributed by atoms with Crippen LogP contribution in [0.1, 0.15) is 50.5 Å². The van der Waals surface area contributed by atoms with E-state index in [9.17, 15) is 9.59 Å². The maximum absolute atomic E-state index is 12.5. The molecule has 2 aliphatic rings. The molecule has 0 saturated heterocycles. The minimum atomic E-state index is -0.737. The highest BCUT2D eigenvalue weighted by molar-refractivity contribution is 5.99. The highest BCUT2D eigenvalue weighted by atomic mass is 35.5. The standard InChI is InChI=1S/C17H23N3O2.ClH/c18-17(9-2-1-3-10-17)16(22)19-13-7-8-14-12(11-13)5-4-6-15(21)20-14;/h7-8,11H,1-6,9-10,18H2,(H,19,22)(H,20,21);1H. The van der Waals surface area contributed by atoms with E-state index in [1.807, 2.05) is 18.2 Å². The molecule has 1 aliphatic heterocycles. The molecule has 126 valence electrons. The van der Waals surface area contributed by atoms with Crippen molar-refractivity contribution >= 4 is 35.6 Å². The minimum absolute atomic E-state index is 0. The average Bonchev–Trinajstić information content (AvgIpc) is 2.68. The first-order valence-electron chi connectivity index (χ1n) is 8.10. The number of hydrogen-bond acceptors (Lipinski definition) is 3. The van der Waals surface area contributed by atoms with Crippen LogP contribution in [0.5, 0.6) is 0 Å². The molecule has 4 N–H and O–H groups in total. The van der Waals surface area contributed by atoms with Gasteiger partial charge in [-0.05, 0) is 49.4 Å². The third-order valence-electron chi connectivity index (χ3n) is 4.69. The minimum Gasteiger partial charge on any atom is -0.326 e. The molecule has 0 aromatic heterocycles. The average molecular weight is 338 g/mol. The van der Waals surface area contributed by atoms with Crippen LogP contribution in [0, 0.1) is 0 Å². The maximum atomic E-state index is 12.5. The zero-order chi connectivity index (χ0) is 15.6. The van der Waals surface area contributed by atoms with Crippen molar-refractivity contribution in [3.05, 3.63) is 23.8 Å². The van der Waals surface area contributed by atoms with E-state index in [1.54, 1.807) is 0 Å². The Morgan fingerprint density at radius 2 is 1.87 bits per heavy atom. The number of amides is 2. The molecular weight excluding hydrogens is 314 g/mol. The summed E-state index contributed by atoms with van der Waals surface area (Å²) in [4.78, 5) is 24.0. The molecule has 0 unspecified atom stereocenters. The number of benzene rings is 1. The second-order valence-electron chi connectivity index (χ2n) is 6.44. The predicted octanol–water partition coefficient (Wildman–Crippen LogP) is 2.98. The van der Waals surface area contributed by atoms with Crippen molar-refractivity contribution < 1.29 is 9.59 Å². The molecule has 0 radical (unpaired) electrons. The molecule has 1 saturated carbocycles. The van der Waals surface area contributed by atoms with Gasteiger partial charge in [0, 0.05) is 17.8 Å². The van der Waals surface area contributed by atoms with Crippen LogP contribution in [0.3, 0.4) is 0 Å². The van der Waals surface area contributed by atoms with E-state index in [0.29, 0.717) is 6.42 Å². The van der Waals surface area contributed by atoms with Gasteiger partial charge in [-0.15, -0.1) is 12.4 Å². The summed E-state index contributed by atoms with van der Waals surface area (Å²) < 4.78 is 0. The summed E-state index contributed by atoms with van der Waals surface area (Å²) in [5.74, 6) is -0.0385. The van der Waals surface area contributed by atoms with Crippen molar-refractivity contribution in [3.63, 3.8) is 0 Å². The first-order chi connectivity index (χ1) is 10.6. The summed E-state index contributed by atoms with van der Waals surface area (Å²) in [6.45, 7) is 0. The molecule has 0 spiro atoms. The molecule has 1 aliphatic carbocycles. The van der Waals surface area contributed by atoms with E-state index in [-0.39, 0.29) is 24.2 Å². The van der Waals surface area contributed by atoms with Crippen LogP contribution in [0.15, 0.2) is 18.2 Å². The monoisotopic (exact) mass is 337 g/mol. The van der Waals surface area contributed by atoms with E-state index < -0.39 is 5.54 Å². The van der Waals surface area contributed by atoms with Gasteiger partial charge in [-0.2, -0.15) is 0 Å². The van der Waals surface area contributed by atoms with Crippen molar-refractivity contribution in [2.45, 2.75) is 56.9 Å². The summed E-state index contributed by atoms with van der Waals surface area (Å²) in [7, 11) is 0. The fourth-order valence-corrected chi connectivity index (χ4v) is 3.32. The second kappa shape index (κ2) is 7.32. The molecular formula is C17H24ClN3O2. The molecule has 23 heavy (non-hydrogen) atoms. The molecule has 1 fully saturated rings. The van der Waals surface area contributed by atoms with Crippen LogP contribution in [0.2, 0.25) is 0 Å². The van der Waals surface area contributed by atoms with Crippen LogP contribution in [0.25, 0.3) is 0 Å². The smallest absolute Gasteiger partial charge is 0.244 e. The first-order valence-corrected chi connectivity index (χ1v) is 8.10. The van der Waals surface area contributed by atoms with Gasteiger partial charge in [-0.25, -0.2) is 0 Å². The van der Waals surface area contributed by atoms with Gasteiger partial charge in [-0.3, -0.25) is 9.59 Å². The number of anilines is 2. The number of hydrogen-bond donors (Lipinski definition) is 3. The van der Waals surface area contributed by atoms with Gasteiger partial charge in [0.2, 0.25) is 11.8 Å². The van der Waals surface area contributed by atoms with Crippen molar-refractivity contribution in [1.29, 1.82) is 0 Å². The highest BCUT2D eigenvalue weighted by Gasteiger charge is 2.35. The van der Waals surface area contributed by atoms with Crippen LogP contribution < -0.4 is 16.4 Å². The van der Waals surface area contributed by atoms with Crippen molar-refractivity contribution in [1.82, 2.24) is 0 Å². The number of nitrogens with two attached hydrogens (primary N) is 1. The van der Waals surface area contributed by atoms with E-state index in [4.69, 9.17) is 5.73 Å². The third kappa shape index (κ3) is 4.03. The fourth-order valence-electron chi connectivity index (χ4n) is 3.32. The lowest BCUT2D eigenvalue weighted by molar-refractivity contribution is -0.122. The van der Waals surface area contributed by atoms with Gasteiger partial charge < -0.3 is 16.4 Å².